The van der Waals surface area contributed by atoms with Crippen molar-refractivity contribution in [1.29, 1.82) is 5.26 Å². The summed E-state index contributed by atoms with van der Waals surface area (Å²) >= 11 is 0. The molecule has 0 saturated carbocycles. The Morgan fingerprint density at radius 3 is 2.71 bits per heavy atom. The van der Waals surface area contributed by atoms with Crippen molar-refractivity contribution in [2.45, 2.75) is 0 Å². The van der Waals surface area contributed by atoms with E-state index in [1.807, 2.05) is 6.07 Å². The highest BCUT2D eigenvalue weighted by Gasteiger charge is 2.18. The smallest absolute Gasteiger partial charge is 0.143 e. The lowest BCUT2D eigenvalue weighted by molar-refractivity contribution is 0.480. The first-order valence-electron chi connectivity index (χ1n) is 6.34. The summed E-state index contributed by atoms with van der Waals surface area (Å²) in [4.78, 5) is 6.08. The van der Waals surface area contributed by atoms with Crippen molar-refractivity contribution in [2.24, 2.45) is 7.05 Å². The van der Waals surface area contributed by atoms with Gasteiger partial charge in [-0.1, -0.05) is 0 Å². The highest BCUT2D eigenvalue weighted by molar-refractivity contribution is 5.82. The molecule has 0 unspecified atom stereocenters. The van der Waals surface area contributed by atoms with E-state index in [0.29, 0.717) is 29.0 Å². The average Bonchev–Trinajstić information content (AvgIpc) is 2.73. The Balaban J connectivity index is 2.20. The lowest BCUT2D eigenvalue weighted by Crippen LogP contribution is -2.18. The van der Waals surface area contributed by atoms with E-state index in [0.717, 1.165) is 0 Å². The first-order valence-corrected chi connectivity index (χ1v) is 6.34. The van der Waals surface area contributed by atoms with Crippen LogP contribution in [0.3, 0.4) is 0 Å². The Hall–Kier alpha value is -2.68. The fourth-order valence-electron chi connectivity index (χ4n) is 2.50. The van der Waals surface area contributed by atoms with Gasteiger partial charge in [0.2, 0.25) is 0 Å². The number of allylic oxidation sites excluding steroid dienone is 2. The van der Waals surface area contributed by atoms with Gasteiger partial charge in [-0.05, 0) is 12.1 Å². The Bertz CT molecular complexity index is 839. The van der Waals surface area contributed by atoms with Gasteiger partial charge in [-0.3, -0.25) is 0 Å². The number of rotatable bonds is 1. The van der Waals surface area contributed by atoms with Crippen LogP contribution in [0.2, 0.25) is 0 Å². The number of nitrogens with zero attached hydrogens (tertiary/aromatic N) is 4. The molecule has 0 fully saturated rings. The molecular formula is C15H12F2N4. The minimum absolute atomic E-state index is 0.0298. The summed E-state index contributed by atoms with van der Waals surface area (Å²) in [6, 6.07) is 4.50. The first-order chi connectivity index (χ1) is 9.99. The number of aryl methyl sites for hydroxylation is 1. The van der Waals surface area contributed by atoms with E-state index in [1.165, 1.54) is 24.4 Å². The van der Waals surface area contributed by atoms with E-state index in [1.54, 1.807) is 23.6 Å². The number of benzene rings is 1. The van der Waals surface area contributed by atoms with Crippen LogP contribution in [-0.4, -0.2) is 28.0 Å². The number of halogens is 2. The van der Waals surface area contributed by atoms with Crippen molar-refractivity contribution in [3.63, 3.8) is 0 Å². The van der Waals surface area contributed by atoms with Gasteiger partial charge in [0, 0.05) is 38.5 Å². The molecule has 21 heavy (non-hydrogen) atoms. The molecular weight excluding hydrogens is 274 g/mol. The van der Waals surface area contributed by atoms with Crippen LogP contribution in [0.25, 0.3) is 16.6 Å². The second-order valence-electron chi connectivity index (χ2n) is 5.03. The number of hydrogen-bond acceptors (Lipinski definition) is 3. The minimum atomic E-state index is -0.601. The molecule has 0 atom stereocenters. The van der Waals surface area contributed by atoms with E-state index in [4.69, 9.17) is 5.26 Å². The molecule has 0 spiro atoms. The van der Waals surface area contributed by atoms with Gasteiger partial charge in [0.1, 0.15) is 23.5 Å². The highest BCUT2D eigenvalue weighted by Crippen LogP contribution is 2.26. The third-order valence-corrected chi connectivity index (χ3v) is 3.45. The summed E-state index contributed by atoms with van der Waals surface area (Å²) in [5.74, 6) is -0.389. The molecule has 4 nitrogen and oxygen atoms in total. The Morgan fingerprint density at radius 2 is 2.05 bits per heavy atom. The van der Waals surface area contributed by atoms with E-state index < -0.39 is 5.82 Å². The number of aromatic nitrogens is 2. The fraction of sp³-hybridized carbons (Fsp3) is 0.200. The van der Waals surface area contributed by atoms with Crippen LogP contribution >= 0.6 is 0 Å². The molecule has 0 aliphatic carbocycles. The second-order valence-corrected chi connectivity index (χ2v) is 5.03. The third-order valence-electron chi connectivity index (χ3n) is 3.45. The normalized spacial score (nSPS) is 14.9. The molecule has 2 heterocycles. The summed E-state index contributed by atoms with van der Waals surface area (Å²) < 4.78 is 29.0. The molecule has 0 N–H and O–H groups in total. The molecule has 2 aromatic rings. The van der Waals surface area contributed by atoms with Crippen molar-refractivity contribution in [3.05, 3.63) is 47.4 Å². The third kappa shape index (κ3) is 2.17. The zero-order valence-electron chi connectivity index (χ0n) is 11.6. The zero-order valence-corrected chi connectivity index (χ0v) is 11.6. The van der Waals surface area contributed by atoms with Crippen LogP contribution in [-0.2, 0) is 7.05 Å². The van der Waals surface area contributed by atoms with Crippen LogP contribution in [0, 0.1) is 17.1 Å². The fourth-order valence-corrected chi connectivity index (χ4v) is 2.50. The largest absolute Gasteiger partial charge is 0.374 e. The van der Waals surface area contributed by atoms with Crippen LogP contribution < -0.4 is 0 Å². The summed E-state index contributed by atoms with van der Waals surface area (Å²) in [6.07, 6.45) is 2.82. The maximum Gasteiger partial charge on any atom is 0.143 e. The molecule has 106 valence electrons. The predicted octanol–water partition coefficient (Wildman–Crippen LogP) is 2.72. The zero-order chi connectivity index (χ0) is 15.1. The van der Waals surface area contributed by atoms with Gasteiger partial charge in [0.15, 0.2) is 0 Å². The van der Waals surface area contributed by atoms with Crippen LogP contribution in [0.15, 0.2) is 30.2 Å². The van der Waals surface area contributed by atoms with Gasteiger partial charge in [0.25, 0.3) is 0 Å². The number of fused-ring (bicyclic) bond motifs is 1. The lowest BCUT2D eigenvalue weighted by atomic mass is 10.1. The molecule has 1 aromatic heterocycles. The van der Waals surface area contributed by atoms with Crippen molar-refractivity contribution >= 4 is 16.6 Å². The minimum Gasteiger partial charge on any atom is -0.374 e. The topological polar surface area (TPSA) is 44.9 Å². The number of likely N-dealkylation sites (N-methyl/N-ethyl adjacent to an activating group) is 1. The summed E-state index contributed by atoms with van der Waals surface area (Å²) in [6.45, 7) is 0.512. The Morgan fingerprint density at radius 1 is 1.29 bits per heavy atom. The summed E-state index contributed by atoms with van der Waals surface area (Å²) in [5.41, 5.74) is 1.76. The molecule has 0 radical (unpaired) electrons. The summed E-state index contributed by atoms with van der Waals surface area (Å²) in [7, 11) is 3.53. The van der Waals surface area contributed by atoms with E-state index in [9.17, 15) is 8.78 Å². The molecule has 6 heteroatoms. The molecule has 0 saturated heterocycles. The van der Waals surface area contributed by atoms with Gasteiger partial charge in [-0.25, -0.2) is 13.8 Å². The molecule has 0 amide bonds. The Kier molecular flexibility index (Phi) is 2.98. The van der Waals surface area contributed by atoms with E-state index in [-0.39, 0.29) is 11.4 Å². The van der Waals surface area contributed by atoms with E-state index >= 15 is 0 Å². The van der Waals surface area contributed by atoms with Crippen molar-refractivity contribution in [3.8, 4) is 6.07 Å². The van der Waals surface area contributed by atoms with Crippen molar-refractivity contribution in [2.75, 3.05) is 13.6 Å². The van der Waals surface area contributed by atoms with Gasteiger partial charge < -0.3 is 9.47 Å². The predicted molar refractivity (Wildman–Crippen MR) is 75.2 cm³/mol. The van der Waals surface area contributed by atoms with Crippen LogP contribution in [0.5, 0.6) is 0 Å². The molecule has 0 bridgehead atoms. The highest BCUT2D eigenvalue weighted by atomic mass is 19.1. The van der Waals surface area contributed by atoms with Crippen molar-refractivity contribution in [1.82, 2.24) is 14.5 Å². The van der Waals surface area contributed by atoms with Gasteiger partial charge in [0.05, 0.1) is 16.6 Å². The van der Waals surface area contributed by atoms with Crippen LogP contribution in [0.4, 0.5) is 8.78 Å². The summed E-state index contributed by atoms with van der Waals surface area (Å²) in [5, 5.41) is 8.90. The SMILES string of the molecule is CN1C=C(F)C=C(c2nc3cc(F)c(C#N)cc3n2C)C1. The molecule has 3 rings (SSSR count). The maximum absolute atomic E-state index is 13.7. The number of nitriles is 1. The lowest BCUT2D eigenvalue weighted by Gasteiger charge is -2.20. The number of imidazole rings is 1. The maximum atomic E-state index is 13.7. The average molecular weight is 286 g/mol. The quantitative estimate of drug-likeness (QED) is 0.809. The molecule has 1 aliphatic rings. The molecule has 1 aromatic carbocycles. The Labute approximate surface area is 120 Å². The first kappa shape index (κ1) is 13.3. The van der Waals surface area contributed by atoms with Crippen LogP contribution in [0.1, 0.15) is 11.4 Å². The molecule has 1 aliphatic heterocycles. The number of hydrogen-bond donors (Lipinski definition) is 0. The van der Waals surface area contributed by atoms with Gasteiger partial charge in [-0.15, -0.1) is 0 Å². The second kappa shape index (κ2) is 4.70. The van der Waals surface area contributed by atoms with Gasteiger partial charge in [-0.2, -0.15) is 5.26 Å². The monoisotopic (exact) mass is 286 g/mol. The standard InChI is InChI=1S/C15H12F2N4/c1-20-7-10(3-11(16)8-20)15-19-13-5-12(17)9(6-18)4-14(13)21(15)2/h3-5,8H,7H2,1-2H3. The van der Waals surface area contributed by atoms with Crippen molar-refractivity contribution < 1.29 is 8.78 Å². The van der Waals surface area contributed by atoms with E-state index in [2.05, 4.69) is 4.98 Å². The van der Waals surface area contributed by atoms with Gasteiger partial charge >= 0.3 is 0 Å².